The molecule has 0 radical (unpaired) electrons. The maximum atomic E-state index is 6.52. The number of hydrogen-bond donors (Lipinski definition) is 0. The molecule has 2 aromatic rings. The molecule has 2 unspecified atom stereocenters. The van der Waals surface area contributed by atoms with Crippen molar-refractivity contribution in [3.63, 3.8) is 0 Å². The molecule has 0 spiro atoms. The zero-order valence-corrected chi connectivity index (χ0v) is 27.2. The van der Waals surface area contributed by atoms with Crippen LogP contribution in [0.15, 0.2) is 24.3 Å². The van der Waals surface area contributed by atoms with E-state index in [-0.39, 0.29) is 0 Å². The van der Waals surface area contributed by atoms with Crippen molar-refractivity contribution in [2.75, 3.05) is 26.4 Å². The average Bonchev–Trinajstić information content (AvgIpc) is 3.84. The van der Waals surface area contributed by atoms with Crippen molar-refractivity contribution >= 4 is 0 Å². The van der Waals surface area contributed by atoms with Crippen molar-refractivity contribution in [2.45, 2.75) is 136 Å². The summed E-state index contributed by atoms with van der Waals surface area (Å²) in [6, 6.07) is 9.62. The van der Waals surface area contributed by atoms with E-state index in [0.717, 1.165) is 70.0 Å². The van der Waals surface area contributed by atoms with Gasteiger partial charge in [-0.2, -0.15) is 0 Å². The number of epoxide rings is 2. The first-order chi connectivity index (χ1) is 19.6. The standard InChI is InChI=1S/C37H56O4/c1-24(2)32-18-28(19-33(25(3)4)36(32)38-15-11-9-13-30-22-40-30)17-29-20-34(26(5)6)37(35(21-29)27(7)8)39-16-12-10-14-31-23-41-31/h18-21,24-27,30-31H,9-17,22-23H2,1-8H3. The zero-order valence-electron chi connectivity index (χ0n) is 27.2. The molecule has 2 saturated heterocycles. The first-order valence-corrected chi connectivity index (χ1v) is 16.5. The molecule has 0 aromatic heterocycles. The van der Waals surface area contributed by atoms with Crippen molar-refractivity contribution in [3.05, 3.63) is 57.6 Å². The van der Waals surface area contributed by atoms with Crippen molar-refractivity contribution in [1.82, 2.24) is 0 Å². The zero-order chi connectivity index (χ0) is 29.5. The molecular weight excluding hydrogens is 508 g/mol. The maximum Gasteiger partial charge on any atom is 0.126 e. The quantitative estimate of drug-likeness (QED) is 0.134. The summed E-state index contributed by atoms with van der Waals surface area (Å²) in [5, 5.41) is 0. The molecule has 0 bridgehead atoms. The van der Waals surface area contributed by atoms with Crippen LogP contribution in [0.4, 0.5) is 0 Å². The molecule has 2 fully saturated rings. The van der Waals surface area contributed by atoms with Gasteiger partial charge in [-0.1, -0.05) is 79.7 Å². The maximum absolute atomic E-state index is 6.52. The Morgan fingerprint density at radius 3 is 1.15 bits per heavy atom. The topological polar surface area (TPSA) is 43.5 Å². The van der Waals surface area contributed by atoms with E-state index in [1.54, 1.807) is 0 Å². The first-order valence-electron chi connectivity index (χ1n) is 16.5. The molecular formula is C37H56O4. The molecule has 4 rings (SSSR count). The van der Waals surface area contributed by atoms with Crippen molar-refractivity contribution < 1.29 is 18.9 Å². The van der Waals surface area contributed by atoms with Gasteiger partial charge in [0.25, 0.3) is 0 Å². The molecule has 228 valence electrons. The fourth-order valence-corrected chi connectivity index (χ4v) is 5.73. The predicted molar refractivity (Wildman–Crippen MR) is 170 cm³/mol. The smallest absolute Gasteiger partial charge is 0.126 e. The Hall–Kier alpha value is -2.04. The predicted octanol–water partition coefficient (Wildman–Crippen LogP) is 9.67. The van der Waals surface area contributed by atoms with E-state index in [1.165, 1.54) is 46.2 Å². The average molecular weight is 565 g/mol. The van der Waals surface area contributed by atoms with Crippen LogP contribution in [0.25, 0.3) is 0 Å². The van der Waals surface area contributed by atoms with E-state index in [2.05, 4.69) is 79.7 Å². The van der Waals surface area contributed by atoms with Gasteiger partial charge < -0.3 is 18.9 Å². The molecule has 0 N–H and O–H groups in total. The Morgan fingerprint density at radius 1 is 0.561 bits per heavy atom. The van der Waals surface area contributed by atoms with Crippen LogP contribution in [0, 0.1) is 0 Å². The van der Waals surface area contributed by atoms with Gasteiger partial charge in [0.2, 0.25) is 0 Å². The minimum atomic E-state index is 0.405. The number of hydrogen-bond acceptors (Lipinski definition) is 4. The van der Waals surface area contributed by atoms with Crippen molar-refractivity contribution in [3.8, 4) is 11.5 Å². The van der Waals surface area contributed by atoms with E-state index in [0.29, 0.717) is 35.9 Å². The van der Waals surface area contributed by atoms with Crippen LogP contribution in [-0.4, -0.2) is 38.6 Å². The molecule has 0 saturated carbocycles. The molecule has 2 aliphatic heterocycles. The van der Waals surface area contributed by atoms with E-state index >= 15 is 0 Å². The van der Waals surface area contributed by atoms with Crippen molar-refractivity contribution in [2.24, 2.45) is 0 Å². The van der Waals surface area contributed by atoms with Gasteiger partial charge in [-0.3, -0.25) is 0 Å². The Bertz CT molecular complexity index is 962. The third kappa shape index (κ3) is 9.48. The van der Waals surface area contributed by atoms with Gasteiger partial charge in [0.05, 0.1) is 38.6 Å². The van der Waals surface area contributed by atoms with Crippen LogP contribution in [0.1, 0.15) is 151 Å². The highest BCUT2D eigenvalue weighted by atomic mass is 16.6. The second-order valence-corrected chi connectivity index (χ2v) is 13.6. The van der Waals surface area contributed by atoms with Gasteiger partial charge in [0, 0.05) is 0 Å². The van der Waals surface area contributed by atoms with Gasteiger partial charge in [-0.15, -0.1) is 0 Å². The molecule has 4 heteroatoms. The minimum Gasteiger partial charge on any atom is -0.493 e. The summed E-state index contributed by atoms with van der Waals surface area (Å²) in [6.07, 6.45) is 8.75. The van der Waals surface area contributed by atoms with Crippen LogP contribution < -0.4 is 9.47 Å². The Kier molecular flexibility index (Phi) is 11.6. The van der Waals surface area contributed by atoms with Crippen LogP contribution in [0.2, 0.25) is 0 Å². The van der Waals surface area contributed by atoms with Crippen LogP contribution in [0.5, 0.6) is 11.5 Å². The number of benzene rings is 2. The van der Waals surface area contributed by atoms with Crippen LogP contribution >= 0.6 is 0 Å². The molecule has 2 aromatic carbocycles. The minimum absolute atomic E-state index is 0.405. The van der Waals surface area contributed by atoms with Gasteiger partial charge in [-0.05, 0) is 102 Å². The lowest BCUT2D eigenvalue weighted by Crippen LogP contribution is -2.09. The van der Waals surface area contributed by atoms with Crippen LogP contribution in [-0.2, 0) is 15.9 Å². The summed E-state index contributed by atoms with van der Waals surface area (Å²) in [5.74, 6) is 3.85. The summed E-state index contributed by atoms with van der Waals surface area (Å²) in [4.78, 5) is 0. The van der Waals surface area contributed by atoms with Gasteiger partial charge >= 0.3 is 0 Å². The summed E-state index contributed by atoms with van der Waals surface area (Å²) >= 11 is 0. The Labute approximate surface area is 250 Å². The lowest BCUT2D eigenvalue weighted by atomic mass is 9.87. The second-order valence-electron chi connectivity index (χ2n) is 13.6. The molecule has 0 aliphatic carbocycles. The first kappa shape index (κ1) is 31.9. The van der Waals surface area contributed by atoms with E-state index in [4.69, 9.17) is 18.9 Å². The lowest BCUT2D eigenvalue weighted by molar-refractivity contribution is 0.292. The van der Waals surface area contributed by atoms with E-state index in [9.17, 15) is 0 Å². The van der Waals surface area contributed by atoms with Gasteiger partial charge in [-0.25, -0.2) is 0 Å². The fourth-order valence-electron chi connectivity index (χ4n) is 5.73. The highest BCUT2D eigenvalue weighted by molar-refractivity contribution is 5.52. The molecule has 41 heavy (non-hydrogen) atoms. The lowest BCUT2D eigenvalue weighted by Gasteiger charge is -2.24. The highest BCUT2D eigenvalue weighted by Gasteiger charge is 2.23. The molecule has 4 nitrogen and oxygen atoms in total. The largest absolute Gasteiger partial charge is 0.493 e. The third-order valence-electron chi connectivity index (χ3n) is 8.45. The second kappa shape index (κ2) is 14.9. The monoisotopic (exact) mass is 564 g/mol. The normalized spacial score (nSPS) is 18.1. The summed E-state index contributed by atoms with van der Waals surface area (Å²) in [5.41, 5.74) is 8.08. The number of unbranched alkanes of at least 4 members (excludes halogenated alkanes) is 2. The van der Waals surface area contributed by atoms with Gasteiger partial charge in [0.15, 0.2) is 0 Å². The third-order valence-corrected chi connectivity index (χ3v) is 8.45. The number of ether oxygens (including phenoxy) is 4. The van der Waals surface area contributed by atoms with E-state index < -0.39 is 0 Å². The molecule has 2 atom stereocenters. The summed E-state index contributed by atoms with van der Waals surface area (Å²) < 4.78 is 23.8. The molecule has 2 aliphatic rings. The SMILES string of the molecule is CC(C)c1cc(Cc2cc(C(C)C)c(OCCCCC3CO3)c(C(C)C)c2)cc(C(C)C)c1OCCCCC1CO1. The van der Waals surface area contributed by atoms with Crippen molar-refractivity contribution in [1.29, 1.82) is 0 Å². The Morgan fingerprint density at radius 2 is 0.878 bits per heavy atom. The summed E-state index contributed by atoms with van der Waals surface area (Å²) in [7, 11) is 0. The Balaban J connectivity index is 1.54. The highest BCUT2D eigenvalue weighted by Crippen LogP contribution is 2.39. The summed E-state index contributed by atoms with van der Waals surface area (Å²) in [6.45, 7) is 21.8. The molecule has 2 heterocycles. The van der Waals surface area contributed by atoms with Gasteiger partial charge in [0.1, 0.15) is 11.5 Å². The van der Waals surface area contributed by atoms with E-state index in [1.807, 2.05) is 0 Å². The van der Waals surface area contributed by atoms with Crippen LogP contribution in [0.3, 0.4) is 0 Å². The fraction of sp³-hybridized carbons (Fsp3) is 0.676. The number of rotatable bonds is 18. The molecule has 0 amide bonds.